The first-order valence-electron chi connectivity index (χ1n) is 5.17. The van der Waals surface area contributed by atoms with E-state index in [2.05, 4.69) is 11.9 Å². The Morgan fingerprint density at radius 1 is 1.59 bits per heavy atom. The summed E-state index contributed by atoms with van der Waals surface area (Å²) in [4.78, 5) is 11.8. The molecule has 3 N–H and O–H groups in total. The third-order valence-corrected chi connectivity index (χ3v) is 3.36. The molecule has 3 nitrogen and oxygen atoms in total. The minimum atomic E-state index is -0.191. The Morgan fingerprint density at radius 3 is 3.06 bits per heavy atom. The summed E-state index contributed by atoms with van der Waals surface area (Å²) in [6.07, 6.45) is 1.83. The smallest absolute Gasteiger partial charge is 0.253 e. The van der Waals surface area contributed by atoms with Crippen LogP contribution in [0.1, 0.15) is 10.4 Å². The minimum absolute atomic E-state index is 0.191. The number of benzene rings is 1. The zero-order valence-electron chi connectivity index (χ0n) is 9.41. The van der Waals surface area contributed by atoms with Gasteiger partial charge in [0.1, 0.15) is 0 Å². The van der Waals surface area contributed by atoms with Gasteiger partial charge in [-0.2, -0.15) is 11.8 Å². The summed E-state index contributed by atoms with van der Waals surface area (Å²) < 4.78 is 0. The van der Waals surface area contributed by atoms with Crippen LogP contribution in [0, 0.1) is 0 Å². The maximum absolute atomic E-state index is 11.8. The van der Waals surface area contributed by atoms with Crippen molar-refractivity contribution in [2.24, 2.45) is 0 Å². The molecule has 0 aromatic heterocycles. The van der Waals surface area contributed by atoms with Crippen LogP contribution in [-0.2, 0) is 0 Å². The first-order valence-corrected chi connectivity index (χ1v) is 6.71. The van der Waals surface area contributed by atoms with Crippen LogP contribution in [0.25, 0.3) is 0 Å². The second-order valence-electron chi connectivity index (χ2n) is 3.32. The van der Waals surface area contributed by atoms with Gasteiger partial charge >= 0.3 is 0 Å². The lowest BCUT2D eigenvalue weighted by Crippen LogP contribution is -2.26. The van der Waals surface area contributed by atoms with Crippen molar-refractivity contribution in [1.29, 1.82) is 0 Å². The third kappa shape index (κ3) is 4.32. The lowest BCUT2D eigenvalue weighted by Gasteiger charge is -2.08. The average molecular weight is 271 g/mol. The third-order valence-electron chi connectivity index (χ3n) is 2.07. The van der Waals surface area contributed by atoms with Crippen molar-refractivity contribution in [2.45, 2.75) is 0 Å². The van der Waals surface area contributed by atoms with Crippen LogP contribution in [0.5, 0.6) is 0 Å². The number of nitrogen functional groups attached to an aromatic ring is 1. The summed E-state index contributed by atoms with van der Waals surface area (Å²) in [5, 5.41) is 3.19. The lowest BCUT2D eigenvalue weighted by atomic mass is 10.1. The number of carbonyl (C=O) groups is 1. The predicted octanol–water partition coefficient (Wildman–Crippen LogP) is 2.57. The van der Waals surface area contributed by atoms with E-state index in [-0.39, 0.29) is 5.91 Å². The molecule has 0 aliphatic heterocycles. The number of para-hydroxylation sites is 1. The topological polar surface area (TPSA) is 55.1 Å². The second kappa shape index (κ2) is 7.25. The largest absolute Gasteiger partial charge is 0.397 e. The molecule has 0 aliphatic carbocycles. The van der Waals surface area contributed by atoms with E-state index in [1.807, 2.05) is 6.08 Å². The van der Waals surface area contributed by atoms with Gasteiger partial charge in [0, 0.05) is 18.1 Å². The number of halogens is 1. The van der Waals surface area contributed by atoms with Gasteiger partial charge in [0.15, 0.2) is 0 Å². The summed E-state index contributed by atoms with van der Waals surface area (Å²) in [5.41, 5.74) is 6.47. The summed E-state index contributed by atoms with van der Waals surface area (Å²) in [6, 6.07) is 5.03. The van der Waals surface area contributed by atoms with Crippen LogP contribution in [-0.4, -0.2) is 24.0 Å². The highest BCUT2D eigenvalue weighted by Gasteiger charge is 2.10. The normalized spacial score (nSPS) is 9.94. The number of thioether (sulfide) groups is 1. The van der Waals surface area contributed by atoms with Gasteiger partial charge in [0.2, 0.25) is 0 Å². The molecule has 0 bridgehead atoms. The molecule has 0 fully saturated rings. The Labute approximate surface area is 110 Å². The Bertz CT molecular complexity index is 409. The lowest BCUT2D eigenvalue weighted by molar-refractivity contribution is 0.0957. The number of nitrogens with two attached hydrogens (primary N) is 1. The summed E-state index contributed by atoms with van der Waals surface area (Å²) in [5.74, 6) is 1.54. The van der Waals surface area contributed by atoms with Crippen LogP contribution in [0.2, 0.25) is 5.02 Å². The van der Waals surface area contributed by atoms with Gasteiger partial charge in [-0.3, -0.25) is 4.79 Å². The summed E-state index contributed by atoms with van der Waals surface area (Å²) >= 11 is 7.55. The molecule has 1 amide bonds. The van der Waals surface area contributed by atoms with E-state index in [0.29, 0.717) is 22.8 Å². The van der Waals surface area contributed by atoms with Crippen molar-refractivity contribution < 1.29 is 4.79 Å². The molecular formula is C12H15ClN2OS. The number of amides is 1. The van der Waals surface area contributed by atoms with E-state index in [4.69, 9.17) is 17.3 Å². The number of anilines is 1. The highest BCUT2D eigenvalue weighted by Crippen LogP contribution is 2.22. The number of carbonyl (C=O) groups excluding carboxylic acids is 1. The molecule has 17 heavy (non-hydrogen) atoms. The van der Waals surface area contributed by atoms with E-state index in [1.54, 1.807) is 30.0 Å². The fourth-order valence-electron chi connectivity index (χ4n) is 1.23. The van der Waals surface area contributed by atoms with Crippen molar-refractivity contribution in [1.82, 2.24) is 5.32 Å². The van der Waals surface area contributed by atoms with E-state index >= 15 is 0 Å². The van der Waals surface area contributed by atoms with Crippen molar-refractivity contribution in [3.8, 4) is 0 Å². The Hall–Kier alpha value is -1.13. The quantitative estimate of drug-likeness (QED) is 0.475. The molecule has 92 valence electrons. The van der Waals surface area contributed by atoms with Gasteiger partial charge in [-0.1, -0.05) is 23.7 Å². The summed E-state index contributed by atoms with van der Waals surface area (Å²) in [6.45, 7) is 4.22. The number of nitrogens with one attached hydrogen (secondary N) is 1. The molecule has 5 heteroatoms. The van der Waals surface area contributed by atoms with Gasteiger partial charge in [0.05, 0.1) is 16.3 Å². The first kappa shape index (κ1) is 13.9. The Kier molecular flexibility index (Phi) is 5.94. The zero-order chi connectivity index (χ0) is 12.7. The first-order chi connectivity index (χ1) is 8.16. The molecular weight excluding hydrogens is 256 g/mol. The van der Waals surface area contributed by atoms with Crippen LogP contribution < -0.4 is 11.1 Å². The van der Waals surface area contributed by atoms with Gasteiger partial charge in [0.25, 0.3) is 5.91 Å². The SMILES string of the molecule is C=CCSCCNC(=O)c1cccc(Cl)c1N. The van der Waals surface area contributed by atoms with Crippen molar-refractivity contribution in [3.63, 3.8) is 0 Å². The van der Waals surface area contributed by atoms with Gasteiger partial charge < -0.3 is 11.1 Å². The van der Waals surface area contributed by atoms with Crippen LogP contribution in [0.4, 0.5) is 5.69 Å². The highest BCUT2D eigenvalue weighted by atomic mass is 35.5. The molecule has 0 unspecified atom stereocenters. The van der Waals surface area contributed by atoms with Crippen molar-refractivity contribution in [2.75, 3.05) is 23.8 Å². The van der Waals surface area contributed by atoms with E-state index < -0.39 is 0 Å². The second-order valence-corrected chi connectivity index (χ2v) is 4.88. The van der Waals surface area contributed by atoms with Crippen molar-refractivity contribution >= 4 is 35.0 Å². The van der Waals surface area contributed by atoms with Crippen LogP contribution >= 0.6 is 23.4 Å². The fraction of sp³-hybridized carbons (Fsp3) is 0.250. The molecule has 0 aliphatic rings. The molecule has 0 atom stereocenters. The molecule has 0 radical (unpaired) electrons. The average Bonchev–Trinajstić information content (AvgIpc) is 2.32. The molecule has 1 aromatic rings. The molecule has 0 spiro atoms. The summed E-state index contributed by atoms with van der Waals surface area (Å²) in [7, 11) is 0. The Morgan fingerprint density at radius 2 is 2.35 bits per heavy atom. The maximum Gasteiger partial charge on any atom is 0.253 e. The monoisotopic (exact) mass is 270 g/mol. The molecule has 0 saturated heterocycles. The highest BCUT2D eigenvalue weighted by molar-refractivity contribution is 7.99. The van der Waals surface area contributed by atoms with E-state index in [9.17, 15) is 4.79 Å². The van der Waals surface area contributed by atoms with Crippen LogP contribution in [0.15, 0.2) is 30.9 Å². The molecule has 0 heterocycles. The van der Waals surface area contributed by atoms with Gasteiger partial charge in [-0.25, -0.2) is 0 Å². The standard InChI is InChI=1S/C12H15ClN2OS/c1-2-7-17-8-6-15-12(16)9-4-3-5-10(13)11(9)14/h2-5H,1,6-8,14H2,(H,15,16). The molecule has 0 saturated carbocycles. The zero-order valence-corrected chi connectivity index (χ0v) is 11.0. The van der Waals surface area contributed by atoms with Crippen LogP contribution in [0.3, 0.4) is 0 Å². The predicted molar refractivity (Wildman–Crippen MR) is 75.7 cm³/mol. The van der Waals surface area contributed by atoms with E-state index in [0.717, 1.165) is 11.5 Å². The van der Waals surface area contributed by atoms with E-state index in [1.165, 1.54) is 0 Å². The minimum Gasteiger partial charge on any atom is -0.397 e. The van der Waals surface area contributed by atoms with Gasteiger partial charge in [-0.05, 0) is 12.1 Å². The number of rotatable bonds is 6. The molecule has 1 rings (SSSR count). The number of hydrogen-bond donors (Lipinski definition) is 2. The maximum atomic E-state index is 11.8. The molecule has 1 aromatic carbocycles. The Balaban J connectivity index is 2.47. The van der Waals surface area contributed by atoms with Gasteiger partial charge in [-0.15, -0.1) is 6.58 Å². The fourth-order valence-corrected chi connectivity index (χ4v) is 1.99. The number of hydrogen-bond acceptors (Lipinski definition) is 3. The van der Waals surface area contributed by atoms with Crippen molar-refractivity contribution in [3.05, 3.63) is 41.4 Å².